The van der Waals surface area contributed by atoms with Crippen LogP contribution in [-0.4, -0.2) is 36.9 Å². The number of nitrogens with zero attached hydrogens (tertiary/aromatic N) is 1. The lowest BCUT2D eigenvalue weighted by molar-refractivity contribution is -0.130. The van der Waals surface area contributed by atoms with Crippen LogP contribution in [-0.2, 0) is 22.6 Å². The highest BCUT2D eigenvalue weighted by Gasteiger charge is 2.10. The van der Waals surface area contributed by atoms with Gasteiger partial charge in [0, 0.05) is 31.4 Å². The molecule has 128 valence electrons. The topological polar surface area (TPSA) is 58.6 Å². The van der Waals surface area contributed by atoms with Crippen LogP contribution in [0.3, 0.4) is 0 Å². The third kappa shape index (κ3) is 5.70. The molecule has 0 bridgehead atoms. The minimum Gasteiger partial charge on any atom is -0.497 e. The maximum absolute atomic E-state index is 11.9. The lowest BCUT2D eigenvalue weighted by Crippen LogP contribution is -2.37. The summed E-state index contributed by atoms with van der Waals surface area (Å²) in [7, 11) is 1.62. The van der Waals surface area contributed by atoms with Gasteiger partial charge in [-0.05, 0) is 29.1 Å². The molecule has 1 aromatic carbocycles. The number of benzene rings is 1. The number of carbonyl (C=O) groups is 2. The van der Waals surface area contributed by atoms with Gasteiger partial charge in [0.1, 0.15) is 5.75 Å². The van der Waals surface area contributed by atoms with Crippen LogP contribution in [0.5, 0.6) is 5.75 Å². The molecule has 2 rings (SSSR count). The van der Waals surface area contributed by atoms with Crippen molar-refractivity contribution in [3.05, 3.63) is 52.2 Å². The Kier molecular flexibility index (Phi) is 6.81. The molecule has 0 aliphatic rings. The van der Waals surface area contributed by atoms with Gasteiger partial charge in [-0.2, -0.15) is 0 Å². The molecule has 1 aromatic heterocycles. The summed E-state index contributed by atoms with van der Waals surface area (Å²) in [4.78, 5) is 26.4. The van der Waals surface area contributed by atoms with Gasteiger partial charge in [0.25, 0.3) is 0 Å². The van der Waals surface area contributed by atoms with Crippen LogP contribution in [0.1, 0.15) is 17.4 Å². The first-order valence-electron chi connectivity index (χ1n) is 7.76. The normalized spacial score (nSPS) is 10.2. The lowest BCUT2D eigenvalue weighted by atomic mass is 10.2. The largest absolute Gasteiger partial charge is 0.497 e. The molecule has 0 atom stereocenters. The van der Waals surface area contributed by atoms with Gasteiger partial charge >= 0.3 is 0 Å². The summed E-state index contributed by atoms with van der Waals surface area (Å²) < 4.78 is 5.13. The second kappa shape index (κ2) is 9.08. The molecule has 0 spiro atoms. The summed E-state index contributed by atoms with van der Waals surface area (Å²) in [5.41, 5.74) is 1.02. The van der Waals surface area contributed by atoms with Crippen LogP contribution < -0.4 is 10.1 Å². The Bertz CT molecular complexity index is 653. The zero-order chi connectivity index (χ0) is 17.4. The maximum atomic E-state index is 11.9. The molecule has 2 aromatic rings. The Labute approximate surface area is 146 Å². The predicted molar refractivity (Wildman–Crippen MR) is 95.1 cm³/mol. The fourth-order valence-electron chi connectivity index (χ4n) is 2.26. The van der Waals surface area contributed by atoms with E-state index in [2.05, 4.69) is 5.32 Å². The lowest BCUT2D eigenvalue weighted by Gasteiger charge is -2.21. The molecule has 0 saturated heterocycles. The van der Waals surface area contributed by atoms with Crippen LogP contribution in [0.25, 0.3) is 0 Å². The Morgan fingerprint density at radius 2 is 1.96 bits per heavy atom. The third-order valence-electron chi connectivity index (χ3n) is 3.60. The number of rotatable bonds is 8. The van der Waals surface area contributed by atoms with Crippen LogP contribution in [0.4, 0.5) is 0 Å². The standard InChI is InChI=1S/C18H22N2O3S/c1-14(21)20(13-15-5-7-16(23-2)8-6-15)10-9-19-18(22)12-17-4-3-11-24-17/h3-8,11H,9-10,12-13H2,1-2H3,(H,19,22). The van der Waals surface area contributed by atoms with E-state index in [1.54, 1.807) is 23.3 Å². The molecule has 0 saturated carbocycles. The Hall–Kier alpha value is -2.34. The smallest absolute Gasteiger partial charge is 0.225 e. The van der Waals surface area contributed by atoms with Crippen molar-refractivity contribution >= 4 is 23.2 Å². The average Bonchev–Trinajstić information content (AvgIpc) is 3.07. The molecule has 0 radical (unpaired) electrons. The minimum atomic E-state index is -0.0228. The first-order chi connectivity index (χ1) is 11.6. The van der Waals surface area contributed by atoms with E-state index in [-0.39, 0.29) is 11.8 Å². The molecule has 2 amide bonds. The maximum Gasteiger partial charge on any atom is 0.225 e. The van der Waals surface area contributed by atoms with Gasteiger partial charge in [0.15, 0.2) is 0 Å². The molecule has 0 unspecified atom stereocenters. The van der Waals surface area contributed by atoms with Crippen LogP contribution >= 0.6 is 11.3 Å². The minimum absolute atomic E-state index is 0.0154. The number of methoxy groups -OCH3 is 1. The molecule has 5 nitrogen and oxygen atoms in total. The summed E-state index contributed by atoms with van der Waals surface area (Å²) in [5, 5.41) is 4.82. The highest BCUT2D eigenvalue weighted by Crippen LogP contribution is 2.13. The van der Waals surface area contributed by atoms with E-state index in [0.29, 0.717) is 26.1 Å². The SMILES string of the molecule is COc1ccc(CN(CCNC(=O)Cc2cccs2)C(C)=O)cc1. The summed E-state index contributed by atoms with van der Waals surface area (Å²) in [6.45, 7) is 2.98. The highest BCUT2D eigenvalue weighted by atomic mass is 32.1. The van der Waals surface area contributed by atoms with Gasteiger partial charge in [0.2, 0.25) is 11.8 Å². The second-order valence-electron chi connectivity index (χ2n) is 5.39. The van der Waals surface area contributed by atoms with E-state index < -0.39 is 0 Å². The van der Waals surface area contributed by atoms with E-state index in [4.69, 9.17) is 4.74 Å². The molecule has 6 heteroatoms. The number of nitrogens with one attached hydrogen (secondary N) is 1. The molecule has 0 aliphatic heterocycles. The van der Waals surface area contributed by atoms with Crippen molar-refractivity contribution in [3.63, 3.8) is 0 Å². The van der Waals surface area contributed by atoms with Gasteiger partial charge in [-0.25, -0.2) is 0 Å². The van der Waals surface area contributed by atoms with Gasteiger partial charge in [-0.3, -0.25) is 9.59 Å². The van der Waals surface area contributed by atoms with Crippen molar-refractivity contribution in [2.45, 2.75) is 19.9 Å². The quantitative estimate of drug-likeness (QED) is 0.799. The van der Waals surface area contributed by atoms with E-state index in [9.17, 15) is 9.59 Å². The summed E-state index contributed by atoms with van der Waals surface area (Å²) in [5.74, 6) is 0.748. The molecule has 1 N–H and O–H groups in total. The molecule has 0 fully saturated rings. The van der Waals surface area contributed by atoms with Gasteiger partial charge in [-0.15, -0.1) is 11.3 Å². The predicted octanol–water partition coefficient (Wildman–Crippen LogP) is 2.46. The first kappa shape index (κ1) is 18.0. The molecule has 0 aliphatic carbocycles. The van der Waals surface area contributed by atoms with Gasteiger partial charge < -0.3 is 15.0 Å². The zero-order valence-corrected chi connectivity index (χ0v) is 14.8. The average molecular weight is 346 g/mol. The number of amides is 2. The number of hydrogen-bond donors (Lipinski definition) is 1. The van der Waals surface area contributed by atoms with Crippen LogP contribution in [0.2, 0.25) is 0 Å². The molecule has 1 heterocycles. The molecule has 24 heavy (non-hydrogen) atoms. The third-order valence-corrected chi connectivity index (χ3v) is 4.47. The fourth-order valence-corrected chi connectivity index (χ4v) is 2.97. The Morgan fingerprint density at radius 3 is 2.54 bits per heavy atom. The van der Waals surface area contributed by atoms with Crippen molar-refractivity contribution in [3.8, 4) is 5.75 Å². The number of carbonyl (C=O) groups excluding carboxylic acids is 2. The van der Waals surface area contributed by atoms with Crippen molar-refractivity contribution in [1.82, 2.24) is 10.2 Å². The fraction of sp³-hybridized carbons (Fsp3) is 0.333. The van der Waals surface area contributed by atoms with E-state index in [1.165, 1.54) is 6.92 Å². The summed E-state index contributed by atoms with van der Waals surface area (Å²) in [6.07, 6.45) is 0.385. The Balaban J connectivity index is 1.80. The van der Waals surface area contributed by atoms with Crippen LogP contribution in [0.15, 0.2) is 41.8 Å². The monoisotopic (exact) mass is 346 g/mol. The van der Waals surface area contributed by atoms with E-state index >= 15 is 0 Å². The second-order valence-corrected chi connectivity index (χ2v) is 6.43. The van der Waals surface area contributed by atoms with Crippen LogP contribution in [0, 0.1) is 0 Å². The first-order valence-corrected chi connectivity index (χ1v) is 8.64. The van der Waals surface area contributed by atoms with Gasteiger partial charge in [0.05, 0.1) is 13.5 Å². The number of hydrogen-bond acceptors (Lipinski definition) is 4. The molecular formula is C18H22N2O3S. The number of thiophene rings is 1. The zero-order valence-electron chi connectivity index (χ0n) is 14.0. The van der Waals surface area contributed by atoms with E-state index in [1.807, 2.05) is 41.8 Å². The highest BCUT2D eigenvalue weighted by molar-refractivity contribution is 7.10. The number of ether oxygens (including phenoxy) is 1. The van der Waals surface area contributed by atoms with Crippen molar-refractivity contribution in [1.29, 1.82) is 0 Å². The Morgan fingerprint density at radius 1 is 1.21 bits per heavy atom. The van der Waals surface area contributed by atoms with E-state index in [0.717, 1.165) is 16.2 Å². The molecular weight excluding hydrogens is 324 g/mol. The van der Waals surface area contributed by atoms with Gasteiger partial charge in [-0.1, -0.05) is 18.2 Å². The summed E-state index contributed by atoms with van der Waals surface area (Å²) in [6, 6.07) is 11.5. The van der Waals surface area contributed by atoms with Crippen molar-refractivity contribution < 1.29 is 14.3 Å². The van der Waals surface area contributed by atoms with Crippen molar-refractivity contribution in [2.24, 2.45) is 0 Å². The van der Waals surface area contributed by atoms with Crippen molar-refractivity contribution in [2.75, 3.05) is 20.2 Å². The summed E-state index contributed by atoms with van der Waals surface area (Å²) >= 11 is 1.57.